The van der Waals surface area contributed by atoms with E-state index >= 15 is 0 Å². The van der Waals surface area contributed by atoms with E-state index in [0.29, 0.717) is 6.41 Å². The van der Waals surface area contributed by atoms with E-state index in [1.165, 1.54) is 0 Å². The van der Waals surface area contributed by atoms with Crippen LogP contribution in [0.2, 0.25) is 0 Å². The second-order valence-electron chi connectivity index (χ2n) is 4.33. The number of carbonyl (C=O) groups excluding carboxylic acids is 1. The van der Waals surface area contributed by atoms with E-state index in [4.69, 9.17) is 4.84 Å². The Labute approximate surface area is 79.4 Å². The predicted molar refractivity (Wildman–Crippen MR) is 49.6 cm³/mol. The van der Waals surface area contributed by atoms with Gasteiger partial charge in [0.2, 0.25) is 6.41 Å². The third-order valence-electron chi connectivity index (χ3n) is 1.34. The molecule has 0 aliphatic rings. The number of hydrogen-bond acceptors (Lipinski definition) is 3. The molecule has 13 heavy (non-hydrogen) atoms. The van der Waals surface area contributed by atoms with Crippen molar-refractivity contribution in [2.75, 3.05) is 0 Å². The third-order valence-corrected chi connectivity index (χ3v) is 1.34. The summed E-state index contributed by atoms with van der Waals surface area (Å²) < 4.78 is 0. The number of carbonyl (C=O) groups is 1. The molecule has 78 valence electrons. The van der Waals surface area contributed by atoms with E-state index in [1.54, 1.807) is 0 Å². The minimum absolute atomic E-state index is 0.0486. The van der Waals surface area contributed by atoms with E-state index in [0.717, 1.165) is 5.06 Å². The average molecular weight is 189 g/mol. The molecule has 1 unspecified atom stereocenters. The van der Waals surface area contributed by atoms with Crippen LogP contribution in [0.25, 0.3) is 0 Å². The molecule has 1 N–H and O–H groups in total. The minimum Gasteiger partial charge on any atom is -0.371 e. The van der Waals surface area contributed by atoms with Gasteiger partial charge in [0.25, 0.3) is 0 Å². The van der Waals surface area contributed by atoms with Gasteiger partial charge in [-0.1, -0.05) is 13.8 Å². The van der Waals surface area contributed by atoms with Crippen molar-refractivity contribution < 1.29 is 14.7 Å². The van der Waals surface area contributed by atoms with Crippen LogP contribution in [0, 0.1) is 5.92 Å². The summed E-state index contributed by atoms with van der Waals surface area (Å²) in [4.78, 5) is 15.8. The van der Waals surface area contributed by atoms with Crippen molar-refractivity contribution in [2.24, 2.45) is 5.92 Å². The molecule has 1 amide bonds. The highest BCUT2D eigenvalue weighted by atomic mass is 16.7. The summed E-state index contributed by atoms with van der Waals surface area (Å²) in [6.07, 6.45) is -0.396. The first kappa shape index (κ1) is 12.4. The normalized spacial score (nSPS) is 14.4. The minimum atomic E-state index is -0.892. The van der Waals surface area contributed by atoms with Crippen LogP contribution in [0.1, 0.15) is 34.6 Å². The van der Waals surface area contributed by atoms with Gasteiger partial charge in [0.15, 0.2) is 6.23 Å². The van der Waals surface area contributed by atoms with E-state index in [2.05, 4.69) is 0 Å². The lowest BCUT2D eigenvalue weighted by atomic mass is 10.2. The Kier molecular flexibility index (Phi) is 4.36. The summed E-state index contributed by atoms with van der Waals surface area (Å²) in [6.45, 7) is 9.07. The summed E-state index contributed by atoms with van der Waals surface area (Å²) in [5.74, 6) is -0.0486. The first-order valence-corrected chi connectivity index (χ1v) is 4.39. The lowest BCUT2D eigenvalue weighted by molar-refractivity contribution is -0.272. The van der Waals surface area contributed by atoms with Crippen molar-refractivity contribution in [1.82, 2.24) is 5.06 Å². The quantitative estimate of drug-likeness (QED) is 0.410. The topological polar surface area (TPSA) is 49.8 Å². The molecule has 0 saturated carbocycles. The molecule has 0 aromatic carbocycles. The molecule has 0 bridgehead atoms. The van der Waals surface area contributed by atoms with Gasteiger partial charge in [-0.15, -0.1) is 0 Å². The van der Waals surface area contributed by atoms with Crippen LogP contribution < -0.4 is 0 Å². The Bertz CT molecular complexity index is 163. The van der Waals surface area contributed by atoms with Crippen molar-refractivity contribution in [3.05, 3.63) is 0 Å². The molecule has 1 atom stereocenters. The van der Waals surface area contributed by atoms with Crippen molar-refractivity contribution in [2.45, 2.75) is 46.4 Å². The van der Waals surface area contributed by atoms with Gasteiger partial charge < -0.3 is 5.11 Å². The molecule has 0 spiro atoms. The fourth-order valence-corrected chi connectivity index (χ4v) is 0.748. The zero-order chi connectivity index (χ0) is 10.6. The van der Waals surface area contributed by atoms with E-state index in [-0.39, 0.29) is 5.92 Å². The maximum absolute atomic E-state index is 10.6. The second-order valence-corrected chi connectivity index (χ2v) is 4.33. The van der Waals surface area contributed by atoms with Gasteiger partial charge in [0, 0.05) is 5.92 Å². The van der Waals surface area contributed by atoms with Crippen LogP contribution in [0.4, 0.5) is 0 Å². The van der Waals surface area contributed by atoms with Gasteiger partial charge in [-0.2, -0.15) is 5.06 Å². The summed E-state index contributed by atoms with van der Waals surface area (Å²) >= 11 is 0. The summed E-state index contributed by atoms with van der Waals surface area (Å²) in [5, 5.41) is 10.5. The molecule has 0 aliphatic carbocycles. The molecule has 0 heterocycles. The maximum atomic E-state index is 10.6. The van der Waals surface area contributed by atoms with Crippen LogP contribution in [-0.4, -0.2) is 28.4 Å². The Morgan fingerprint density at radius 3 is 2.08 bits per heavy atom. The Hall–Kier alpha value is -0.610. The second kappa shape index (κ2) is 4.58. The largest absolute Gasteiger partial charge is 0.371 e. The zero-order valence-corrected chi connectivity index (χ0v) is 8.94. The predicted octanol–water partition coefficient (Wildman–Crippen LogP) is 1.15. The molecule has 0 aromatic rings. The number of hydroxylamine groups is 2. The Balaban J connectivity index is 4.26. The number of aliphatic hydroxyl groups excluding tert-OH is 1. The van der Waals surface area contributed by atoms with Gasteiger partial charge in [0.05, 0.1) is 5.60 Å². The van der Waals surface area contributed by atoms with Gasteiger partial charge in [-0.3, -0.25) is 9.63 Å². The smallest absolute Gasteiger partial charge is 0.235 e. The van der Waals surface area contributed by atoms with Crippen LogP contribution in [0.15, 0.2) is 0 Å². The lowest BCUT2D eigenvalue weighted by Gasteiger charge is -2.31. The molecular formula is C9H19NO3. The van der Waals surface area contributed by atoms with E-state index in [9.17, 15) is 9.90 Å². The van der Waals surface area contributed by atoms with Gasteiger partial charge >= 0.3 is 0 Å². The Morgan fingerprint density at radius 2 is 1.85 bits per heavy atom. The molecule has 0 saturated heterocycles. The number of rotatable bonds is 4. The summed E-state index contributed by atoms with van der Waals surface area (Å²) in [7, 11) is 0. The van der Waals surface area contributed by atoms with E-state index < -0.39 is 11.8 Å². The van der Waals surface area contributed by atoms with Gasteiger partial charge in [-0.25, -0.2) is 0 Å². The first-order valence-electron chi connectivity index (χ1n) is 4.39. The molecule has 0 fully saturated rings. The third kappa shape index (κ3) is 4.85. The molecule has 0 rings (SSSR count). The standard InChI is InChI=1S/C9H19NO3/c1-7(2)8(12)10(6-11)13-9(3,4)5/h6-8,12H,1-5H3. The van der Waals surface area contributed by atoms with Gasteiger partial charge in [-0.05, 0) is 20.8 Å². The lowest BCUT2D eigenvalue weighted by Crippen LogP contribution is -2.42. The van der Waals surface area contributed by atoms with Crippen LogP contribution in [0.5, 0.6) is 0 Å². The molecule has 4 nitrogen and oxygen atoms in total. The van der Waals surface area contributed by atoms with E-state index in [1.807, 2.05) is 34.6 Å². The number of hydrogen-bond donors (Lipinski definition) is 1. The highest BCUT2D eigenvalue weighted by molar-refractivity contribution is 5.45. The van der Waals surface area contributed by atoms with Crippen molar-refractivity contribution in [3.63, 3.8) is 0 Å². The SMILES string of the molecule is CC(C)C(O)N(C=O)OC(C)(C)C. The summed E-state index contributed by atoms with van der Waals surface area (Å²) in [5.41, 5.74) is -0.475. The van der Waals surface area contributed by atoms with Crippen molar-refractivity contribution in [3.8, 4) is 0 Å². The monoisotopic (exact) mass is 189 g/mol. The Morgan fingerprint density at radius 1 is 1.38 bits per heavy atom. The number of nitrogens with zero attached hydrogens (tertiary/aromatic N) is 1. The molecule has 0 aliphatic heterocycles. The van der Waals surface area contributed by atoms with Crippen molar-refractivity contribution in [1.29, 1.82) is 0 Å². The molecular weight excluding hydrogens is 170 g/mol. The molecule has 0 aromatic heterocycles. The molecule has 0 radical (unpaired) electrons. The highest BCUT2D eigenvalue weighted by Crippen LogP contribution is 2.14. The van der Waals surface area contributed by atoms with Crippen molar-refractivity contribution >= 4 is 6.41 Å². The molecule has 4 heteroatoms. The fraction of sp³-hybridized carbons (Fsp3) is 0.889. The fourth-order valence-electron chi connectivity index (χ4n) is 0.748. The highest BCUT2D eigenvalue weighted by Gasteiger charge is 2.23. The maximum Gasteiger partial charge on any atom is 0.235 e. The summed E-state index contributed by atoms with van der Waals surface area (Å²) in [6, 6.07) is 0. The van der Waals surface area contributed by atoms with Crippen LogP contribution in [0.3, 0.4) is 0 Å². The number of aliphatic hydroxyl groups is 1. The average Bonchev–Trinajstić information content (AvgIpc) is 1.97. The van der Waals surface area contributed by atoms with Crippen LogP contribution in [-0.2, 0) is 9.63 Å². The van der Waals surface area contributed by atoms with Crippen LogP contribution >= 0.6 is 0 Å². The van der Waals surface area contributed by atoms with Gasteiger partial charge in [0.1, 0.15) is 0 Å². The first-order chi connectivity index (χ1) is 5.78. The number of amides is 1. The zero-order valence-electron chi connectivity index (χ0n) is 8.94.